The van der Waals surface area contributed by atoms with Crippen LogP contribution >= 0.6 is 23.7 Å². The number of carbonyl (C=O) groups excluding carboxylic acids is 1. The molecule has 1 aliphatic rings. The van der Waals surface area contributed by atoms with E-state index in [0.29, 0.717) is 32.6 Å². The van der Waals surface area contributed by atoms with E-state index >= 15 is 0 Å². The molecule has 2 aromatic rings. The minimum absolute atomic E-state index is 0. The van der Waals surface area contributed by atoms with Crippen LogP contribution < -0.4 is 11.1 Å². The van der Waals surface area contributed by atoms with E-state index in [2.05, 4.69) is 26.1 Å². The fourth-order valence-corrected chi connectivity index (χ4v) is 3.94. The van der Waals surface area contributed by atoms with Crippen LogP contribution in [0, 0.1) is 5.41 Å². The Balaban J connectivity index is 0.00000225. The molecule has 0 unspecified atom stereocenters. The number of halogens is 1. The third kappa shape index (κ3) is 4.14. The molecule has 0 aliphatic carbocycles. The minimum atomic E-state index is -0.516. The highest BCUT2D eigenvalue weighted by Crippen LogP contribution is 2.34. The van der Waals surface area contributed by atoms with E-state index < -0.39 is 5.41 Å². The van der Waals surface area contributed by atoms with Gasteiger partial charge in [-0.05, 0) is 31.0 Å². The summed E-state index contributed by atoms with van der Waals surface area (Å²) in [6.07, 6.45) is 1.35. The van der Waals surface area contributed by atoms with Crippen molar-refractivity contribution >= 4 is 45.6 Å². The standard InChI is InChI=1S/C18H25N3O2S.ClH/c1-17(2,3)16-21-13-5-4-12(10-14(13)24-16)20-15(22)18(11-19)6-8-23-9-7-18;/h4-5,10H,6-9,11,19H2,1-3H3,(H,20,22);1H. The van der Waals surface area contributed by atoms with Gasteiger partial charge in [-0.25, -0.2) is 4.98 Å². The largest absolute Gasteiger partial charge is 0.381 e. The van der Waals surface area contributed by atoms with Crippen LogP contribution in [0.1, 0.15) is 38.6 Å². The fraction of sp³-hybridized carbons (Fsp3) is 0.556. The van der Waals surface area contributed by atoms with E-state index in [1.54, 1.807) is 11.3 Å². The van der Waals surface area contributed by atoms with Crippen molar-refractivity contribution in [2.75, 3.05) is 25.1 Å². The zero-order valence-corrected chi connectivity index (χ0v) is 16.6. The van der Waals surface area contributed by atoms with Gasteiger partial charge in [-0.2, -0.15) is 0 Å². The number of thiazole rings is 1. The van der Waals surface area contributed by atoms with Gasteiger partial charge in [0.1, 0.15) is 0 Å². The maximum absolute atomic E-state index is 12.8. The van der Waals surface area contributed by atoms with Crippen LogP contribution in [-0.4, -0.2) is 30.6 Å². The maximum atomic E-state index is 12.8. The van der Waals surface area contributed by atoms with Gasteiger partial charge >= 0.3 is 0 Å². The molecule has 25 heavy (non-hydrogen) atoms. The van der Waals surface area contributed by atoms with Gasteiger partial charge in [-0.1, -0.05) is 20.8 Å². The molecule has 0 atom stereocenters. The number of anilines is 1. The third-order valence-corrected chi connectivity index (χ3v) is 6.05. The van der Waals surface area contributed by atoms with E-state index in [-0.39, 0.29) is 23.7 Å². The molecule has 1 aromatic carbocycles. The van der Waals surface area contributed by atoms with Crippen LogP contribution in [0.25, 0.3) is 10.2 Å². The van der Waals surface area contributed by atoms with Crippen LogP contribution in [0.4, 0.5) is 5.69 Å². The lowest BCUT2D eigenvalue weighted by Gasteiger charge is -2.34. The second-order valence-corrected chi connectivity index (χ2v) is 8.53. The third-order valence-electron chi connectivity index (χ3n) is 4.61. The van der Waals surface area contributed by atoms with E-state index in [4.69, 9.17) is 15.5 Å². The normalized spacial score (nSPS) is 17.1. The van der Waals surface area contributed by atoms with Crippen molar-refractivity contribution in [1.82, 2.24) is 4.98 Å². The fourth-order valence-electron chi connectivity index (χ4n) is 2.87. The molecular weight excluding hydrogens is 358 g/mol. The molecule has 1 aliphatic heterocycles. The first-order chi connectivity index (χ1) is 11.3. The van der Waals surface area contributed by atoms with Crippen molar-refractivity contribution in [1.29, 1.82) is 0 Å². The average molecular weight is 384 g/mol. The molecule has 2 heterocycles. The number of amides is 1. The van der Waals surface area contributed by atoms with Gasteiger partial charge < -0.3 is 15.8 Å². The number of nitrogens with one attached hydrogen (secondary N) is 1. The molecule has 1 saturated heterocycles. The number of nitrogens with zero attached hydrogens (tertiary/aromatic N) is 1. The molecule has 1 amide bonds. The Bertz CT molecular complexity index is 748. The predicted octanol–water partition coefficient (Wildman–Crippen LogP) is 3.71. The Morgan fingerprint density at radius 1 is 1.36 bits per heavy atom. The summed E-state index contributed by atoms with van der Waals surface area (Å²) in [7, 11) is 0. The van der Waals surface area contributed by atoms with Crippen LogP contribution in [-0.2, 0) is 14.9 Å². The van der Waals surface area contributed by atoms with Gasteiger partial charge in [0.2, 0.25) is 5.91 Å². The molecule has 0 radical (unpaired) electrons. The highest BCUT2D eigenvalue weighted by Gasteiger charge is 2.38. The molecule has 0 saturated carbocycles. The number of rotatable bonds is 3. The van der Waals surface area contributed by atoms with Crippen LogP contribution in [0.3, 0.4) is 0 Å². The van der Waals surface area contributed by atoms with Crippen LogP contribution in [0.15, 0.2) is 18.2 Å². The van der Waals surface area contributed by atoms with E-state index in [9.17, 15) is 4.79 Å². The SMILES string of the molecule is CC(C)(C)c1nc2ccc(NC(=O)C3(CN)CCOCC3)cc2s1.Cl. The summed E-state index contributed by atoms with van der Waals surface area (Å²) in [6.45, 7) is 8.00. The number of aromatic nitrogens is 1. The lowest BCUT2D eigenvalue weighted by Crippen LogP contribution is -2.46. The summed E-state index contributed by atoms with van der Waals surface area (Å²) in [4.78, 5) is 17.5. The summed E-state index contributed by atoms with van der Waals surface area (Å²) in [5, 5.41) is 4.15. The number of fused-ring (bicyclic) bond motifs is 1. The minimum Gasteiger partial charge on any atom is -0.381 e. The van der Waals surface area contributed by atoms with E-state index in [1.165, 1.54) is 0 Å². The number of hydrogen-bond donors (Lipinski definition) is 2. The second-order valence-electron chi connectivity index (χ2n) is 7.50. The van der Waals surface area contributed by atoms with Crippen LogP contribution in [0.2, 0.25) is 0 Å². The Labute approximate surface area is 158 Å². The number of ether oxygens (including phenoxy) is 1. The van der Waals surface area contributed by atoms with Gasteiger partial charge in [0.15, 0.2) is 0 Å². The van der Waals surface area contributed by atoms with Gasteiger partial charge in [-0.15, -0.1) is 23.7 Å². The Hall–Kier alpha value is -1.21. The summed E-state index contributed by atoms with van der Waals surface area (Å²) in [6, 6.07) is 5.88. The summed E-state index contributed by atoms with van der Waals surface area (Å²) in [5.41, 5.74) is 7.20. The Morgan fingerprint density at radius 2 is 2.04 bits per heavy atom. The van der Waals surface area contributed by atoms with E-state index in [0.717, 1.165) is 20.9 Å². The molecular formula is C18H26ClN3O2S. The van der Waals surface area contributed by atoms with Crippen molar-refractivity contribution in [2.24, 2.45) is 11.1 Å². The summed E-state index contributed by atoms with van der Waals surface area (Å²) in [5.74, 6) is -0.00629. The van der Waals surface area contributed by atoms with Crippen molar-refractivity contribution in [2.45, 2.75) is 39.0 Å². The van der Waals surface area contributed by atoms with Gasteiger partial charge in [-0.3, -0.25) is 4.79 Å². The quantitative estimate of drug-likeness (QED) is 0.846. The molecule has 0 spiro atoms. The molecule has 3 rings (SSSR count). The number of benzene rings is 1. The van der Waals surface area contributed by atoms with Gasteiger partial charge in [0, 0.05) is 30.9 Å². The molecule has 7 heteroatoms. The van der Waals surface area contributed by atoms with Crippen molar-refractivity contribution < 1.29 is 9.53 Å². The zero-order chi connectivity index (χ0) is 17.4. The molecule has 3 N–H and O–H groups in total. The van der Waals surface area contributed by atoms with Crippen LogP contribution in [0.5, 0.6) is 0 Å². The summed E-state index contributed by atoms with van der Waals surface area (Å²) < 4.78 is 6.47. The van der Waals surface area contributed by atoms with Crippen molar-refractivity contribution in [3.8, 4) is 0 Å². The molecule has 5 nitrogen and oxygen atoms in total. The molecule has 0 bridgehead atoms. The van der Waals surface area contributed by atoms with Crippen molar-refractivity contribution in [3.05, 3.63) is 23.2 Å². The maximum Gasteiger partial charge on any atom is 0.232 e. The predicted molar refractivity (Wildman–Crippen MR) is 106 cm³/mol. The molecule has 1 aromatic heterocycles. The van der Waals surface area contributed by atoms with Crippen molar-refractivity contribution in [3.63, 3.8) is 0 Å². The van der Waals surface area contributed by atoms with E-state index in [1.807, 2.05) is 18.2 Å². The Morgan fingerprint density at radius 3 is 2.64 bits per heavy atom. The number of hydrogen-bond acceptors (Lipinski definition) is 5. The first-order valence-electron chi connectivity index (χ1n) is 8.34. The molecule has 1 fully saturated rings. The smallest absolute Gasteiger partial charge is 0.232 e. The van der Waals surface area contributed by atoms with Gasteiger partial charge in [0.05, 0.1) is 20.6 Å². The average Bonchev–Trinajstić information content (AvgIpc) is 2.99. The highest BCUT2D eigenvalue weighted by molar-refractivity contribution is 7.18. The lowest BCUT2D eigenvalue weighted by molar-refractivity contribution is -0.130. The van der Waals surface area contributed by atoms with Gasteiger partial charge in [0.25, 0.3) is 0 Å². The monoisotopic (exact) mass is 383 g/mol. The molecule has 138 valence electrons. The number of nitrogens with two attached hydrogens (primary N) is 1. The highest BCUT2D eigenvalue weighted by atomic mass is 35.5. The Kier molecular flexibility index (Phi) is 6.09. The summed E-state index contributed by atoms with van der Waals surface area (Å²) >= 11 is 1.68. The lowest BCUT2D eigenvalue weighted by atomic mass is 9.79. The second kappa shape index (κ2) is 7.58. The zero-order valence-electron chi connectivity index (χ0n) is 14.9. The topological polar surface area (TPSA) is 77.2 Å². The first-order valence-corrected chi connectivity index (χ1v) is 9.16. The number of carbonyl (C=O) groups is 1. The first kappa shape index (κ1) is 20.1.